The minimum atomic E-state index is -0.115. The number of nitrogens with two attached hydrogens (primary N) is 1. The van der Waals surface area contributed by atoms with Crippen LogP contribution in [0.4, 0.5) is 17.1 Å². The molecule has 0 spiro atoms. The Balaban J connectivity index is 1.52. The fraction of sp³-hybridized carbons (Fsp3) is 0.278. The minimum Gasteiger partial charge on any atom is -0.369 e. The second kappa shape index (κ2) is 8.52. The molecule has 2 aromatic rings. The van der Waals surface area contributed by atoms with Crippen LogP contribution >= 0.6 is 0 Å². The first kappa shape index (κ1) is 18.0. The monoisotopic (exact) mass is 354 g/mol. The zero-order valence-electron chi connectivity index (χ0n) is 14.9. The highest BCUT2D eigenvalue weighted by Crippen LogP contribution is 2.18. The third-order valence-corrected chi connectivity index (χ3v) is 4.37. The average molecular weight is 354 g/mol. The van der Waals surface area contributed by atoms with Gasteiger partial charge >= 0.3 is 0 Å². The van der Waals surface area contributed by atoms with Crippen LogP contribution in [0.25, 0.3) is 0 Å². The molecule has 1 fully saturated rings. The maximum atomic E-state index is 7.69. The number of para-hydroxylation sites is 1. The maximum absolute atomic E-state index is 7.69. The van der Waals surface area contributed by atoms with Crippen LogP contribution in [-0.4, -0.2) is 44.1 Å². The summed E-state index contributed by atoms with van der Waals surface area (Å²) in [6, 6.07) is 17.7. The van der Waals surface area contributed by atoms with Gasteiger partial charge in [0.1, 0.15) is 0 Å². The molecular weight excluding hydrogens is 328 g/mol. The third kappa shape index (κ3) is 4.63. The number of guanidine groups is 1. The van der Waals surface area contributed by atoms with Gasteiger partial charge in [0.25, 0.3) is 0 Å². The molecular formula is C18H26N8. The van der Waals surface area contributed by atoms with Crippen molar-refractivity contribution in [3.8, 4) is 0 Å². The number of anilines is 3. The smallest absolute Gasteiger partial charge is 0.209 e. The lowest BCUT2D eigenvalue weighted by molar-refractivity contribution is 0.313. The number of likely N-dealkylation sites (N-methyl/N-ethyl adjacent to an activating group) is 1. The Morgan fingerprint density at radius 3 is 2.27 bits per heavy atom. The van der Waals surface area contributed by atoms with Crippen molar-refractivity contribution in [2.24, 2.45) is 5.73 Å². The summed E-state index contributed by atoms with van der Waals surface area (Å²) < 4.78 is 0. The highest BCUT2D eigenvalue weighted by molar-refractivity contribution is 5.91. The summed E-state index contributed by atoms with van der Waals surface area (Å²) in [6.45, 7) is 4.28. The number of piperazine rings is 1. The number of hydrogen-bond acceptors (Lipinski definition) is 6. The molecule has 1 aliphatic rings. The van der Waals surface area contributed by atoms with Gasteiger partial charge in [-0.3, -0.25) is 5.41 Å². The number of hydrazine groups is 3. The fourth-order valence-electron chi connectivity index (χ4n) is 2.82. The van der Waals surface area contributed by atoms with E-state index in [1.165, 1.54) is 10.7 Å². The molecule has 0 amide bonds. The van der Waals surface area contributed by atoms with Crippen LogP contribution in [0.15, 0.2) is 54.6 Å². The van der Waals surface area contributed by atoms with E-state index in [9.17, 15) is 0 Å². The molecule has 0 aromatic heterocycles. The van der Waals surface area contributed by atoms with Crippen molar-refractivity contribution in [2.75, 3.05) is 48.6 Å². The minimum absolute atomic E-state index is 0.115. The van der Waals surface area contributed by atoms with E-state index in [0.717, 1.165) is 37.6 Å². The Morgan fingerprint density at radius 1 is 1.00 bits per heavy atom. The van der Waals surface area contributed by atoms with E-state index in [1.807, 2.05) is 42.5 Å². The molecule has 3 rings (SSSR count). The van der Waals surface area contributed by atoms with Crippen LogP contribution in [0.5, 0.6) is 0 Å². The molecule has 0 bridgehead atoms. The predicted octanol–water partition coefficient (Wildman–Crippen LogP) is 1.17. The van der Waals surface area contributed by atoms with E-state index in [0.29, 0.717) is 0 Å². The first-order valence-electron chi connectivity index (χ1n) is 8.63. The van der Waals surface area contributed by atoms with Crippen LogP contribution in [0, 0.1) is 5.41 Å². The third-order valence-electron chi connectivity index (χ3n) is 4.37. The van der Waals surface area contributed by atoms with Gasteiger partial charge < -0.3 is 21.0 Å². The summed E-state index contributed by atoms with van der Waals surface area (Å²) in [5.74, 6) is -0.115. The van der Waals surface area contributed by atoms with Gasteiger partial charge in [-0.25, -0.2) is 5.01 Å². The maximum Gasteiger partial charge on any atom is 0.209 e. The summed E-state index contributed by atoms with van der Waals surface area (Å²) in [7, 11) is 2.16. The topological polar surface area (TPSA) is 95.7 Å². The molecule has 1 heterocycles. The Bertz CT molecular complexity index is 695. The highest BCUT2D eigenvalue weighted by Gasteiger charge is 2.14. The Morgan fingerprint density at radius 2 is 1.65 bits per heavy atom. The number of nitrogens with zero attached hydrogens (tertiary/aromatic N) is 3. The van der Waals surface area contributed by atoms with Crippen molar-refractivity contribution in [1.29, 1.82) is 5.41 Å². The molecule has 0 atom stereocenters. The molecule has 0 saturated carbocycles. The summed E-state index contributed by atoms with van der Waals surface area (Å²) in [6.07, 6.45) is 0. The molecule has 0 radical (unpaired) electrons. The largest absolute Gasteiger partial charge is 0.369 e. The number of benzene rings is 2. The van der Waals surface area contributed by atoms with Gasteiger partial charge in [-0.1, -0.05) is 18.2 Å². The zero-order chi connectivity index (χ0) is 18.4. The SMILES string of the molecule is CN1CCN(c2ccc(NNNN(C(=N)N)c3ccccc3)cc2)CC1. The van der Waals surface area contributed by atoms with Crippen molar-refractivity contribution in [1.82, 2.24) is 16.0 Å². The first-order chi connectivity index (χ1) is 12.6. The van der Waals surface area contributed by atoms with Gasteiger partial charge in [0.05, 0.1) is 11.4 Å². The van der Waals surface area contributed by atoms with E-state index < -0.39 is 0 Å². The second-order valence-electron chi connectivity index (χ2n) is 6.26. The van der Waals surface area contributed by atoms with Crippen LogP contribution in [0.1, 0.15) is 0 Å². The molecule has 0 aliphatic carbocycles. The summed E-state index contributed by atoms with van der Waals surface area (Å²) >= 11 is 0. The highest BCUT2D eigenvalue weighted by atomic mass is 15.8. The van der Waals surface area contributed by atoms with Crippen molar-refractivity contribution in [2.45, 2.75) is 0 Å². The number of rotatable bonds is 6. The van der Waals surface area contributed by atoms with E-state index in [1.54, 1.807) is 0 Å². The van der Waals surface area contributed by atoms with E-state index in [2.05, 4.69) is 45.5 Å². The van der Waals surface area contributed by atoms with E-state index in [-0.39, 0.29) is 5.96 Å². The normalized spacial score (nSPS) is 14.9. The van der Waals surface area contributed by atoms with E-state index in [4.69, 9.17) is 11.1 Å². The molecule has 8 nitrogen and oxygen atoms in total. The molecule has 26 heavy (non-hydrogen) atoms. The van der Waals surface area contributed by atoms with Crippen molar-refractivity contribution in [3.63, 3.8) is 0 Å². The van der Waals surface area contributed by atoms with Gasteiger partial charge in [0.15, 0.2) is 0 Å². The van der Waals surface area contributed by atoms with Crippen molar-refractivity contribution in [3.05, 3.63) is 54.6 Å². The second-order valence-corrected chi connectivity index (χ2v) is 6.26. The molecule has 1 aliphatic heterocycles. The lowest BCUT2D eigenvalue weighted by Gasteiger charge is -2.34. The van der Waals surface area contributed by atoms with Gasteiger partial charge in [-0.05, 0) is 43.4 Å². The lowest BCUT2D eigenvalue weighted by Crippen LogP contribution is -2.54. The molecule has 8 heteroatoms. The predicted molar refractivity (Wildman–Crippen MR) is 107 cm³/mol. The first-order valence-corrected chi connectivity index (χ1v) is 8.63. The summed E-state index contributed by atoms with van der Waals surface area (Å²) in [5.41, 5.74) is 17.3. The fourth-order valence-corrected chi connectivity index (χ4v) is 2.82. The molecule has 1 saturated heterocycles. The Kier molecular flexibility index (Phi) is 5.90. The van der Waals surface area contributed by atoms with Gasteiger partial charge in [0.2, 0.25) is 5.96 Å². The molecule has 138 valence electrons. The molecule has 6 N–H and O–H groups in total. The van der Waals surface area contributed by atoms with Gasteiger partial charge in [0, 0.05) is 31.9 Å². The number of hydrogen-bond donors (Lipinski definition) is 5. The Labute approximate surface area is 154 Å². The van der Waals surface area contributed by atoms with Crippen molar-refractivity contribution >= 4 is 23.0 Å². The summed E-state index contributed by atoms with van der Waals surface area (Å²) in [5, 5.41) is 9.13. The van der Waals surface area contributed by atoms with Crippen LogP contribution < -0.4 is 32.1 Å². The lowest BCUT2D eigenvalue weighted by atomic mass is 10.2. The standard InChI is InChI=1S/C18H26N8/c1-24-11-13-25(14-12-24)16-9-7-15(8-10-16)21-22-23-26(18(19)20)17-5-3-2-4-6-17/h2-10,21-23H,11-14H2,1H3,(H3,19,20). The van der Waals surface area contributed by atoms with Crippen molar-refractivity contribution < 1.29 is 0 Å². The van der Waals surface area contributed by atoms with Crippen LogP contribution in [-0.2, 0) is 0 Å². The average Bonchev–Trinajstić information content (AvgIpc) is 2.67. The van der Waals surface area contributed by atoms with Gasteiger partial charge in [-0.2, -0.15) is 5.53 Å². The quantitative estimate of drug-likeness (QED) is 0.302. The molecule has 2 aromatic carbocycles. The number of nitrogens with one attached hydrogen (secondary N) is 4. The summed E-state index contributed by atoms with van der Waals surface area (Å²) in [4.78, 5) is 4.73. The van der Waals surface area contributed by atoms with Crippen LogP contribution in [0.3, 0.4) is 0 Å². The van der Waals surface area contributed by atoms with E-state index >= 15 is 0 Å². The zero-order valence-corrected chi connectivity index (χ0v) is 14.9. The van der Waals surface area contributed by atoms with Crippen LogP contribution in [0.2, 0.25) is 0 Å². The Hall–Kier alpha value is -2.81. The van der Waals surface area contributed by atoms with Gasteiger partial charge in [-0.15, -0.1) is 5.53 Å². The molecule has 0 unspecified atom stereocenters.